The van der Waals surface area contributed by atoms with Gasteiger partial charge in [-0.2, -0.15) is 5.10 Å². The molecule has 0 spiro atoms. The highest BCUT2D eigenvalue weighted by Crippen LogP contribution is 2.23. The van der Waals surface area contributed by atoms with E-state index in [9.17, 15) is 9.59 Å². The van der Waals surface area contributed by atoms with Crippen molar-refractivity contribution >= 4 is 23.4 Å². The van der Waals surface area contributed by atoms with Gasteiger partial charge in [-0.15, -0.1) is 0 Å². The summed E-state index contributed by atoms with van der Waals surface area (Å²) >= 11 is 6.11. The van der Waals surface area contributed by atoms with Crippen LogP contribution in [0.1, 0.15) is 52.3 Å². The number of benzene rings is 1. The van der Waals surface area contributed by atoms with Crippen molar-refractivity contribution in [2.24, 2.45) is 5.73 Å². The van der Waals surface area contributed by atoms with E-state index in [1.165, 1.54) is 13.1 Å². The average Bonchev–Trinajstić information content (AvgIpc) is 3.22. The van der Waals surface area contributed by atoms with Crippen LogP contribution in [-0.2, 0) is 9.47 Å². The van der Waals surface area contributed by atoms with Gasteiger partial charge in [0.25, 0.3) is 11.8 Å². The molecular weight excluding hydrogens is 422 g/mol. The van der Waals surface area contributed by atoms with Crippen LogP contribution in [0.15, 0.2) is 30.3 Å². The highest BCUT2D eigenvalue weighted by atomic mass is 35.5. The Bertz CT molecular complexity index is 911. The first-order valence-corrected chi connectivity index (χ1v) is 10.6. The number of nitrogens with one attached hydrogen (secondary N) is 2. The summed E-state index contributed by atoms with van der Waals surface area (Å²) in [6.07, 6.45) is 1.02. The average molecular weight is 450 g/mol. The first-order chi connectivity index (χ1) is 14.9. The fourth-order valence-corrected chi connectivity index (χ4v) is 3.49. The lowest BCUT2D eigenvalue weighted by Crippen LogP contribution is -2.41. The molecule has 4 N–H and O–H groups in total. The van der Waals surface area contributed by atoms with Crippen molar-refractivity contribution in [1.29, 1.82) is 0 Å². The molecule has 168 valence electrons. The Morgan fingerprint density at radius 2 is 2.03 bits per heavy atom. The smallest absolute Gasteiger partial charge is 0.271 e. The first-order valence-electron chi connectivity index (χ1n) is 10.2. The van der Waals surface area contributed by atoms with Gasteiger partial charge >= 0.3 is 0 Å². The molecular formula is C21H28ClN5O4. The van der Waals surface area contributed by atoms with Crippen LogP contribution in [0.25, 0.3) is 0 Å². The summed E-state index contributed by atoms with van der Waals surface area (Å²) < 4.78 is 12.5. The van der Waals surface area contributed by atoms with Gasteiger partial charge in [-0.05, 0) is 31.0 Å². The molecule has 1 aliphatic rings. The lowest BCUT2D eigenvalue weighted by Gasteiger charge is -2.27. The second-order valence-corrected chi connectivity index (χ2v) is 7.86. The van der Waals surface area contributed by atoms with Gasteiger partial charge in [0.05, 0.1) is 25.3 Å². The Kier molecular flexibility index (Phi) is 8.03. The molecule has 1 unspecified atom stereocenters. The lowest BCUT2D eigenvalue weighted by molar-refractivity contribution is -0.188. The van der Waals surface area contributed by atoms with Gasteiger partial charge in [-0.1, -0.05) is 23.7 Å². The topological polar surface area (TPSA) is 121 Å². The maximum atomic E-state index is 12.9. The number of nitrogens with two attached hydrogens (primary N) is 1. The van der Waals surface area contributed by atoms with Crippen molar-refractivity contribution in [2.75, 3.05) is 26.8 Å². The third kappa shape index (κ3) is 6.04. The lowest BCUT2D eigenvalue weighted by atomic mass is 10.1. The molecule has 3 rings (SSSR count). The van der Waals surface area contributed by atoms with E-state index < -0.39 is 0 Å². The van der Waals surface area contributed by atoms with Crippen molar-refractivity contribution in [3.63, 3.8) is 0 Å². The van der Waals surface area contributed by atoms with E-state index in [-0.39, 0.29) is 35.9 Å². The van der Waals surface area contributed by atoms with Crippen LogP contribution in [0.2, 0.25) is 5.02 Å². The SMILES string of the molecule is CNC(=O)c1cc(C(=O)NCCCC2OCC(N)CO2)n(C(C)c2cccc(Cl)c2)n1. The number of rotatable bonds is 8. The predicted molar refractivity (Wildman–Crippen MR) is 116 cm³/mol. The van der Waals surface area contributed by atoms with Crippen LogP contribution in [0.3, 0.4) is 0 Å². The van der Waals surface area contributed by atoms with E-state index in [0.29, 0.717) is 43.3 Å². The molecule has 2 amide bonds. The summed E-state index contributed by atoms with van der Waals surface area (Å²) in [6, 6.07) is 8.42. The number of carbonyl (C=O) groups excluding carboxylic acids is 2. The van der Waals surface area contributed by atoms with E-state index in [2.05, 4.69) is 15.7 Å². The first kappa shape index (κ1) is 23.2. The van der Waals surface area contributed by atoms with Gasteiger partial charge in [0, 0.05) is 31.1 Å². The molecule has 0 saturated carbocycles. The van der Waals surface area contributed by atoms with Crippen molar-refractivity contribution < 1.29 is 19.1 Å². The number of hydrogen-bond donors (Lipinski definition) is 3. The third-order valence-electron chi connectivity index (χ3n) is 5.02. The van der Waals surface area contributed by atoms with Crippen LogP contribution < -0.4 is 16.4 Å². The Hall–Kier alpha value is -2.46. The minimum absolute atomic E-state index is 0.0905. The van der Waals surface area contributed by atoms with E-state index in [1.54, 1.807) is 10.7 Å². The summed E-state index contributed by atoms with van der Waals surface area (Å²) in [5, 5.41) is 10.4. The Labute approximate surface area is 186 Å². The minimum Gasteiger partial charge on any atom is -0.354 e. The second kappa shape index (κ2) is 10.7. The molecule has 1 aromatic carbocycles. The van der Waals surface area contributed by atoms with E-state index in [0.717, 1.165) is 5.56 Å². The molecule has 2 heterocycles. The highest BCUT2D eigenvalue weighted by molar-refractivity contribution is 6.30. The largest absolute Gasteiger partial charge is 0.354 e. The summed E-state index contributed by atoms with van der Waals surface area (Å²) in [5.74, 6) is -0.681. The predicted octanol–water partition coefficient (Wildman–Crippen LogP) is 1.72. The highest BCUT2D eigenvalue weighted by Gasteiger charge is 2.23. The number of nitrogens with zero attached hydrogens (tertiary/aromatic N) is 2. The molecule has 9 nitrogen and oxygen atoms in total. The van der Waals surface area contributed by atoms with Crippen LogP contribution in [-0.4, -0.2) is 60.7 Å². The summed E-state index contributed by atoms with van der Waals surface area (Å²) in [6.45, 7) is 3.27. The van der Waals surface area contributed by atoms with E-state index in [4.69, 9.17) is 26.8 Å². The van der Waals surface area contributed by atoms with Gasteiger partial charge in [0.15, 0.2) is 12.0 Å². The molecule has 1 aliphatic heterocycles. The van der Waals surface area contributed by atoms with Gasteiger partial charge < -0.3 is 25.8 Å². The summed E-state index contributed by atoms with van der Waals surface area (Å²) in [4.78, 5) is 25.0. The van der Waals surface area contributed by atoms with Gasteiger partial charge in [0.2, 0.25) is 0 Å². The van der Waals surface area contributed by atoms with Gasteiger partial charge in [0.1, 0.15) is 5.69 Å². The maximum Gasteiger partial charge on any atom is 0.271 e. The molecule has 1 aromatic heterocycles. The number of halogens is 1. The van der Waals surface area contributed by atoms with Gasteiger partial charge in [-0.3, -0.25) is 14.3 Å². The Morgan fingerprint density at radius 1 is 1.29 bits per heavy atom. The zero-order chi connectivity index (χ0) is 22.4. The number of amides is 2. The molecule has 1 fully saturated rings. The third-order valence-corrected chi connectivity index (χ3v) is 5.26. The monoisotopic (exact) mass is 449 g/mol. The van der Waals surface area contributed by atoms with Crippen LogP contribution >= 0.6 is 11.6 Å². The molecule has 31 heavy (non-hydrogen) atoms. The number of aromatic nitrogens is 2. The molecule has 1 saturated heterocycles. The van der Waals surface area contributed by atoms with E-state index >= 15 is 0 Å². The minimum atomic E-state index is -0.365. The summed E-state index contributed by atoms with van der Waals surface area (Å²) in [7, 11) is 1.52. The Morgan fingerprint density at radius 3 is 2.71 bits per heavy atom. The normalized spacial score (nSPS) is 19.6. The van der Waals surface area contributed by atoms with Crippen LogP contribution in [0.5, 0.6) is 0 Å². The number of carbonyl (C=O) groups is 2. The summed E-state index contributed by atoms with van der Waals surface area (Å²) in [5.41, 5.74) is 7.06. The zero-order valence-electron chi connectivity index (χ0n) is 17.6. The van der Waals surface area contributed by atoms with Crippen LogP contribution in [0, 0.1) is 0 Å². The standard InChI is InChI=1S/C21H28ClN5O4/c1-13(14-5-3-6-15(22)9-14)27-18(10-17(26-27)20(28)24-2)21(29)25-8-4-7-19-30-11-16(23)12-31-19/h3,5-6,9-10,13,16,19H,4,7-8,11-12,23H2,1-2H3,(H,24,28)(H,25,29). The fraction of sp³-hybridized carbons (Fsp3) is 0.476. The number of hydrogen-bond acceptors (Lipinski definition) is 6. The molecule has 0 radical (unpaired) electrons. The Balaban J connectivity index is 1.67. The van der Waals surface area contributed by atoms with Crippen molar-refractivity contribution in [3.8, 4) is 0 Å². The van der Waals surface area contributed by atoms with E-state index in [1.807, 2.05) is 25.1 Å². The zero-order valence-corrected chi connectivity index (χ0v) is 18.4. The van der Waals surface area contributed by atoms with Crippen molar-refractivity contribution in [3.05, 3.63) is 52.3 Å². The van der Waals surface area contributed by atoms with Gasteiger partial charge in [-0.25, -0.2) is 0 Å². The van der Waals surface area contributed by atoms with Crippen molar-refractivity contribution in [1.82, 2.24) is 20.4 Å². The fourth-order valence-electron chi connectivity index (χ4n) is 3.29. The molecule has 2 aromatic rings. The molecule has 0 aliphatic carbocycles. The maximum absolute atomic E-state index is 12.9. The quantitative estimate of drug-likeness (QED) is 0.528. The second-order valence-electron chi connectivity index (χ2n) is 7.42. The molecule has 0 bridgehead atoms. The van der Waals surface area contributed by atoms with Crippen LogP contribution in [0.4, 0.5) is 0 Å². The van der Waals surface area contributed by atoms with Crippen molar-refractivity contribution in [2.45, 2.75) is 38.1 Å². The number of ether oxygens (including phenoxy) is 2. The molecule has 1 atom stereocenters. The molecule has 10 heteroatoms.